The van der Waals surface area contributed by atoms with E-state index >= 15 is 0 Å². The number of nitrogens with one attached hydrogen (secondary N) is 1. The summed E-state index contributed by atoms with van der Waals surface area (Å²) in [5.74, 6) is -1.01. The van der Waals surface area contributed by atoms with Crippen LogP contribution < -0.4 is 11.1 Å². The molecule has 0 saturated carbocycles. The number of hydrogen-bond acceptors (Lipinski definition) is 4. The quantitative estimate of drug-likeness (QED) is 0.574. The van der Waals surface area contributed by atoms with Crippen molar-refractivity contribution in [3.8, 4) is 0 Å². The zero-order valence-corrected chi connectivity index (χ0v) is 6.31. The summed E-state index contributed by atoms with van der Waals surface area (Å²) in [4.78, 5) is 31.6. The molecule has 1 heterocycles. The molecule has 3 N–H and O–H groups in total. The molecule has 1 saturated heterocycles. The fourth-order valence-corrected chi connectivity index (χ4v) is 1.54. The van der Waals surface area contributed by atoms with E-state index in [0.29, 0.717) is 0 Å². The Morgan fingerprint density at radius 3 is 2.64 bits per heavy atom. The highest BCUT2D eigenvalue weighted by Gasteiger charge is 2.32. The molecule has 0 aromatic heterocycles. The number of hydrogen-bond donors (Lipinski definition) is 2. The minimum atomic E-state index is -0.625. The Labute approximate surface area is 66.7 Å². The zero-order chi connectivity index (χ0) is 8.43. The molecular weight excluding hydrogens is 168 g/mol. The Morgan fingerprint density at radius 2 is 2.27 bits per heavy atom. The highest BCUT2D eigenvalue weighted by Crippen LogP contribution is 2.21. The Hall–Kier alpha value is -1.04. The number of nitrogens with two attached hydrogens (primary N) is 1. The van der Waals surface area contributed by atoms with E-state index in [-0.39, 0.29) is 6.42 Å². The van der Waals surface area contributed by atoms with Crippen molar-refractivity contribution in [2.45, 2.75) is 11.7 Å². The van der Waals surface area contributed by atoms with Gasteiger partial charge < -0.3 is 5.73 Å². The summed E-state index contributed by atoms with van der Waals surface area (Å²) in [6, 6.07) is 0. The van der Waals surface area contributed by atoms with Gasteiger partial charge in [0.2, 0.25) is 11.8 Å². The van der Waals surface area contributed by atoms with Gasteiger partial charge in [0.1, 0.15) is 5.25 Å². The molecular formula is C5H6N2O3S. The van der Waals surface area contributed by atoms with Gasteiger partial charge >= 0.3 is 0 Å². The molecule has 0 aromatic carbocycles. The minimum absolute atomic E-state index is 0.0811. The molecule has 0 aliphatic carbocycles. The molecule has 1 aliphatic heterocycles. The number of carbonyl (C=O) groups excluding carboxylic acids is 3. The maximum absolute atomic E-state index is 10.8. The average molecular weight is 174 g/mol. The van der Waals surface area contributed by atoms with E-state index < -0.39 is 22.3 Å². The van der Waals surface area contributed by atoms with Gasteiger partial charge in [0, 0.05) is 6.42 Å². The molecule has 1 unspecified atom stereocenters. The number of rotatable bonds is 2. The first-order valence-electron chi connectivity index (χ1n) is 2.89. The second-order valence-electron chi connectivity index (χ2n) is 2.05. The van der Waals surface area contributed by atoms with Crippen LogP contribution in [0.15, 0.2) is 0 Å². The minimum Gasteiger partial charge on any atom is -0.370 e. The largest absolute Gasteiger partial charge is 0.370 e. The summed E-state index contributed by atoms with van der Waals surface area (Å²) < 4.78 is 0. The lowest BCUT2D eigenvalue weighted by Crippen LogP contribution is -2.27. The summed E-state index contributed by atoms with van der Waals surface area (Å²) in [6.07, 6.45) is -0.0811. The normalized spacial score (nSPS) is 23.5. The lowest BCUT2D eigenvalue weighted by molar-refractivity contribution is -0.123. The highest BCUT2D eigenvalue weighted by atomic mass is 32.2. The second-order valence-corrected chi connectivity index (χ2v) is 3.23. The first-order chi connectivity index (χ1) is 5.09. The molecule has 0 bridgehead atoms. The van der Waals surface area contributed by atoms with E-state index in [1.165, 1.54) is 0 Å². The molecule has 60 valence electrons. The van der Waals surface area contributed by atoms with Gasteiger partial charge in [-0.3, -0.25) is 19.7 Å². The van der Waals surface area contributed by atoms with E-state index in [9.17, 15) is 14.4 Å². The molecule has 1 rings (SSSR count). The van der Waals surface area contributed by atoms with Crippen LogP contribution >= 0.6 is 11.8 Å². The Morgan fingerprint density at radius 1 is 1.64 bits per heavy atom. The van der Waals surface area contributed by atoms with Crippen molar-refractivity contribution in [1.82, 2.24) is 5.32 Å². The number of primary amides is 1. The van der Waals surface area contributed by atoms with Crippen molar-refractivity contribution < 1.29 is 14.4 Å². The summed E-state index contributed by atoms with van der Waals surface area (Å²) in [5.41, 5.74) is 4.84. The van der Waals surface area contributed by atoms with Crippen LogP contribution in [0, 0.1) is 0 Å². The Balaban J connectivity index is 2.53. The van der Waals surface area contributed by atoms with Crippen LogP contribution in [0.25, 0.3) is 0 Å². The van der Waals surface area contributed by atoms with Crippen molar-refractivity contribution in [3.63, 3.8) is 0 Å². The monoisotopic (exact) mass is 174 g/mol. The standard InChI is InChI=1S/C5H6N2O3S/c6-3(8)1-2-4(9)7-5(10)11-2/h2H,1H2,(H2,6,8)(H,7,9,10). The van der Waals surface area contributed by atoms with Gasteiger partial charge in [0.15, 0.2) is 0 Å². The third-order valence-corrected chi connectivity index (χ3v) is 2.13. The van der Waals surface area contributed by atoms with Crippen LogP contribution in [-0.4, -0.2) is 22.3 Å². The van der Waals surface area contributed by atoms with Gasteiger partial charge in [-0.1, -0.05) is 11.8 Å². The maximum atomic E-state index is 10.8. The molecule has 3 amide bonds. The Bertz CT molecular complexity index is 228. The topological polar surface area (TPSA) is 89.3 Å². The van der Waals surface area contributed by atoms with Crippen molar-refractivity contribution in [2.24, 2.45) is 5.73 Å². The lowest BCUT2D eigenvalue weighted by atomic mass is 10.3. The smallest absolute Gasteiger partial charge is 0.286 e. The van der Waals surface area contributed by atoms with Gasteiger partial charge in [-0.25, -0.2) is 0 Å². The van der Waals surface area contributed by atoms with E-state index in [0.717, 1.165) is 11.8 Å². The van der Waals surface area contributed by atoms with E-state index in [2.05, 4.69) is 0 Å². The molecule has 0 spiro atoms. The van der Waals surface area contributed by atoms with Crippen LogP contribution in [0.1, 0.15) is 6.42 Å². The van der Waals surface area contributed by atoms with Crippen LogP contribution in [-0.2, 0) is 9.59 Å². The first kappa shape index (κ1) is 8.06. The molecule has 0 aromatic rings. The van der Waals surface area contributed by atoms with Crippen LogP contribution in [0.3, 0.4) is 0 Å². The van der Waals surface area contributed by atoms with Crippen LogP contribution in [0.5, 0.6) is 0 Å². The van der Waals surface area contributed by atoms with E-state index in [1.54, 1.807) is 0 Å². The highest BCUT2D eigenvalue weighted by molar-refractivity contribution is 8.15. The van der Waals surface area contributed by atoms with Crippen molar-refractivity contribution in [3.05, 3.63) is 0 Å². The first-order valence-corrected chi connectivity index (χ1v) is 3.77. The van der Waals surface area contributed by atoms with Crippen molar-refractivity contribution >= 4 is 28.8 Å². The van der Waals surface area contributed by atoms with Crippen molar-refractivity contribution in [2.75, 3.05) is 0 Å². The molecule has 0 radical (unpaired) electrons. The van der Waals surface area contributed by atoms with Gasteiger partial charge in [0.25, 0.3) is 5.24 Å². The predicted octanol–water partition coefficient (Wildman–Crippen LogP) is -0.787. The zero-order valence-electron chi connectivity index (χ0n) is 5.49. The molecule has 11 heavy (non-hydrogen) atoms. The van der Waals surface area contributed by atoms with Crippen LogP contribution in [0.2, 0.25) is 0 Å². The average Bonchev–Trinajstić information content (AvgIpc) is 2.09. The van der Waals surface area contributed by atoms with Crippen LogP contribution in [0.4, 0.5) is 4.79 Å². The fourth-order valence-electron chi connectivity index (χ4n) is 0.710. The molecule has 1 fully saturated rings. The molecule has 5 nitrogen and oxygen atoms in total. The number of carbonyl (C=O) groups is 3. The Kier molecular flexibility index (Phi) is 2.13. The summed E-state index contributed by atoms with van der Waals surface area (Å²) >= 11 is 0.802. The second kappa shape index (κ2) is 2.91. The van der Waals surface area contributed by atoms with E-state index in [1.807, 2.05) is 5.32 Å². The number of imide groups is 1. The molecule has 1 aliphatic rings. The number of thioether (sulfide) groups is 1. The summed E-state index contributed by atoms with van der Waals surface area (Å²) in [6.45, 7) is 0. The maximum Gasteiger partial charge on any atom is 0.286 e. The van der Waals surface area contributed by atoms with Gasteiger partial charge in [-0.05, 0) is 0 Å². The SMILES string of the molecule is NC(=O)CC1SC(=O)NC1=O. The van der Waals surface area contributed by atoms with Gasteiger partial charge in [0.05, 0.1) is 0 Å². The van der Waals surface area contributed by atoms with Gasteiger partial charge in [-0.15, -0.1) is 0 Å². The number of amides is 3. The third kappa shape index (κ3) is 1.94. The molecule has 6 heteroatoms. The summed E-state index contributed by atoms with van der Waals surface area (Å²) in [5, 5.41) is 1.01. The molecule has 1 atom stereocenters. The van der Waals surface area contributed by atoms with Crippen molar-refractivity contribution in [1.29, 1.82) is 0 Å². The lowest BCUT2D eigenvalue weighted by Gasteiger charge is -1.98. The van der Waals surface area contributed by atoms with Gasteiger partial charge in [-0.2, -0.15) is 0 Å². The predicted molar refractivity (Wildman–Crippen MR) is 38.7 cm³/mol. The fraction of sp³-hybridized carbons (Fsp3) is 0.400. The van der Waals surface area contributed by atoms with E-state index in [4.69, 9.17) is 5.73 Å². The third-order valence-electron chi connectivity index (χ3n) is 1.15. The summed E-state index contributed by atoms with van der Waals surface area (Å²) in [7, 11) is 0.